The maximum atomic E-state index is 12.2. The molecule has 4 aromatic rings. The first-order valence-corrected chi connectivity index (χ1v) is 10.3. The summed E-state index contributed by atoms with van der Waals surface area (Å²) in [7, 11) is 0. The first kappa shape index (κ1) is 21.0. The van der Waals surface area contributed by atoms with Crippen LogP contribution in [0.5, 0.6) is 5.75 Å². The predicted octanol–water partition coefficient (Wildman–Crippen LogP) is 5.40. The molecular weight excluding hydrogens is 400 g/mol. The zero-order chi connectivity index (χ0) is 22.2. The zero-order valence-corrected chi connectivity index (χ0v) is 17.4. The number of fused-ring (bicyclic) bond motifs is 1. The van der Waals surface area contributed by atoms with E-state index < -0.39 is 0 Å². The first-order valence-electron chi connectivity index (χ1n) is 10.3. The number of rotatable bonds is 9. The number of aromatic nitrogens is 2. The van der Waals surface area contributed by atoms with Gasteiger partial charge in [0.2, 0.25) is 0 Å². The quantitative estimate of drug-likeness (QED) is 0.290. The van der Waals surface area contributed by atoms with Crippen LogP contribution in [0.4, 0.5) is 0 Å². The second kappa shape index (κ2) is 10.2. The van der Waals surface area contributed by atoms with Crippen molar-refractivity contribution in [3.05, 3.63) is 108 Å². The second-order valence-corrected chi connectivity index (χ2v) is 7.24. The average molecular weight is 422 g/mol. The van der Waals surface area contributed by atoms with Crippen molar-refractivity contribution in [1.29, 1.82) is 0 Å². The molecule has 0 atom stereocenters. The fourth-order valence-electron chi connectivity index (χ4n) is 3.21. The molecule has 0 aliphatic carbocycles. The van der Waals surface area contributed by atoms with Crippen LogP contribution in [0, 0.1) is 0 Å². The number of pyridine rings is 1. The maximum absolute atomic E-state index is 12.2. The van der Waals surface area contributed by atoms with E-state index in [1.54, 1.807) is 18.3 Å². The van der Waals surface area contributed by atoms with Gasteiger partial charge in [0.25, 0.3) is 0 Å². The summed E-state index contributed by atoms with van der Waals surface area (Å²) in [6, 6.07) is 20.9. The first-order chi connectivity index (χ1) is 15.7. The van der Waals surface area contributed by atoms with Crippen molar-refractivity contribution in [3.63, 3.8) is 0 Å². The van der Waals surface area contributed by atoms with E-state index in [0.717, 1.165) is 33.5 Å². The molecule has 1 N–H and O–H groups in total. The Labute approximate surface area is 186 Å². The number of allylic oxidation sites excluding steroid dienone is 2. The summed E-state index contributed by atoms with van der Waals surface area (Å²) in [5, 5.41) is 1.04. The fourth-order valence-corrected chi connectivity index (χ4v) is 3.21. The fraction of sp³-hybridized carbons (Fsp3) is 0.0741. The summed E-state index contributed by atoms with van der Waals surface area (Å²) in [6.45, 7) is 0.392. The molecular formula is C27H22N2O3. The predicted molar refractivity (Wildman–Crippen MR) is 126 cm³/mol. The van der Waals surface area contributed by atoms with Gasteiger partial charge in [0, 0.05) is 23.3 Å². The number of hydrogen-bond acceptors (Lipinski definition) is 4. The lowest BCUT2D eigenvalue weighted by Crippen LogP contribution is -2.01. The number of nitrogens with zero attached hydrogens (tertiary/aromatic N) is 1. The largest absolute Gasteiger partial charge is 0.487 e. The van der Waals surface area contributed by atoms with E-state index in [1.165, 1.54) is 12.2 Å². The van der Waals surface area contributed by atoms with Crippen LogP contribution in [-0.4, -0.2) is 21.5 Å². The SMILES string of the molecule is O=C(C=Cc1ccc(OCc2ccccn2)cc1)CC(=O)C=Cc1c[nH]c2ccccc12. The Morgan fingerprint density at radius 1 is 0.875 bits per heavy atom. The van der Waals surface area contributed by atoms with Crippen LogP contribution in [0.1, 0.15) is 23.2 Å². The molecule has 0 bridgehead atoms. The van der Waals surface area contributed by atoms with Crippen LogP contribution in [0.3, 0.4) is 0 Å². The minimum atomic E-state index is -0.242. The summed E-state index contributed by atoms with van der Waals surface area (Å²) in [6.07, 6.45) is 9.73. The molecule has 0 fully saturated rings. The van der Waals surface area contributed by atoms with Crippen molar-refractivity contribution in [2.45, 2.75) is 13.0 Å². The average Bonchev–Trinajstić information content (AvgIpc) is 3.24. The number of nitrogens with one attached hydrogen (secondary N) is 1. The third-order valence-corrected chi connectivity index (χ3v) is 4.87. The van der Waals surface area contributed by atoms with Gasteiger partial charge in [-0.2, -0.15) is 0 Å². The van der Waals surface area contributed by atoms with Gasteiger partial charge in [-0.3, -0.25) is 14.6 Å². The molecule has 2 heterocycles. The molecule has 158 valence electrons. The second-order valence-electron chi connectivity index (χ2n) is 7.24. The Hall–Kier alpha value is -4.25. The molecule has 0 saturated heterocycles. The Kier molecular flexibility index (Phi) is 6.68. The number of para-hydroxylation sites is 1. The number of hydrogen-bond donors (Lipinski definition) is 1. The smallest absolute Gasteiger partial charge is 0.163 e. The van der Waals surface area contributed by atoms with Gasteiger partial charge < -0.3 is 9.72 Å². The molecule has 5 heteroatoms. The molecule has 0 saturated carbocycles. The molecule has 4 rings (SSSR count). The normalized spacial score (nSPS) is 11.4. The van der Waals surface area contributed by atoms with Crippen LogP contribution in [-0.2, 0) is 16.2 Å². The summed E-state index contributed by atoms with van der Waals surface area (Å²) in [4.78, 5) is 31.7. The van der Waals surface area contributed by atoms with Crippen molar-refractivity contribution >= 4 is 34.6 Å². The molecule has 5 nitrogen and oxygen atoms in total. The van der Waals surface area contributed by atoms with Crippen LogP contribution in [0.2, 0.25) is 0 Å². The number of benzene rings is 2. The molecule has 0 unspecified atom stereocenters. The lowest BCUT2D eigenvalue weighted by atomic mass is 10.1. The van der Waals surface area contributed by atoms with Crippen molar-refractivity contribution in [2.24, 2.45) is 0 Å². The highest BCUT2D eigenvalue weighted by Crippen LogP contribution is 2.19. The summed E-state index contributed by atoms with van der Waals surface area (Å²) in [5.41, 5.74) is 3.63. The van der Waals surface area contributed by atoms with Crippen LogP contribution >= 0.6 is 0 Å². The molecule has 0 aliphatic rings. The maximum Gasteiger partial charge on any atom is 0.163 e. The Morgan fingerprint density at radius 3 is 2.41 bits per heavy atom. The van der Waals surface area contributed by atoms with E-state index in [9.17, 15) is 9.59 Å². The van der Waals surface area contributed by atoms with Gasteiger partial charge in [-0.15, -0.1) is 0 Å². The van der Waals surface area contributed by atoms with Gasteiger partial charge >= 0.3 is 0 Å². The number of aromatic amines is 1. The van der Waals surface area contributed by atoms with E-state index in [4.69, 9.17) is 4.74 Å². The summed E-state index contributed by atoms with van der Waals surface area (Å²) >= 11 is 0. The third kappa shape index (κ3) is 5.67. The van der Waals surface area contributed by atoms with Gasteiger partial charge in [-0.25, -0.2) is 0 Å². The summed E-state index contributed by atoms with van der Waals surface area (Å²) in [5.74, 6) is 0.244. The minimum Gasteiger partial charge on any atom is -0.487 e. The molecule has 0 amide bonds. The number of H-pyrrole nitrogens is 1. The highest BCUT2D eigenvalue weighted by atomic mass is 16.5. The zero-order valence-electron chi connectivity index (χ0n) is 17.4. The highest BCUT2D eigenvalue weighted by Gasteiger charge is 2.05. The topological polar surface area (TPSA) is 72.0 Å². The van der Waals surface area contributed by atoms with E-state index in [0.29, 0.717) is 6.61 Å². The van der Waals surface area contributed by atoms with E-state index in [-0.39, 0.29) is 18.0 Å². The summed E-state index contributed by atoms with van der Waals surface area (Å²) < 4.78 is 5.70. The molecule has 2 aromatic carbocycles. The number of carbonyl (C=O) groups excluding carboxylic acids is 2. The van der Waals surface area contributed by atoms with Crippen LogP contribution < -0.4 is 4.74 Å². The lowest BCUT2D eigenvalue weighted by molar-refractivity contribution is -0.121. The van der Waals surface area contributed by atoms with Gasteiger partial charge in [0.15, 0.2) is 11.6 Å². The van der Waals surface area contributed by atoms with Gasteiger partial charge in [0.05, 0.1) is 12.1 Å². The minimum absolute atomic E-state index is 0.166. The molecule has 32 heavy (non-hydrogen) atoms. The highest BCUT2D eigenvalue weighted by molar-refractivity contribution is 6.11. The lowest BCUT2D eigenvalue weighted by Gasteiger charge is -2.05. The Bertz CT molecular complexity index is 1270. The van der Waals surface area contributed by atoms with Crippen molar-refractivity contribution in [1.82, 2.24) is 9.97 Å². The van der Waals surface area contributed by atoms with E-state index >= 15 is 0 Å². The number of ether oxygens (including phenoxy) is 1. The Morgan fingerprint density at radius 2 is 1.62 bits per heavy atom. The molecule has 0 radical (unpaired) electrons. The van der Waals surface area contributed by atoms with Crippen molar-refractivity contribution in [2.75, 3.05) is 0 Å². The molecule has 0 aliphatic heterocycles. The molecule has 0 spiro atoms. The van der Waals surface area contributed by atoms with Crippen molar-refractivity contribution in [3.8, 4) is 5.75 Å². The number of ketones is 2. The molecule has 2 aromatic heterocycles. The number of carbonyl (C=O) groups is 2. The van der Waals surface area contributed by atoms with Gasteiger partial charge in [-0.05, 0) is 59.7 Å². The monoisotopic (exact) mass is 422 g/mol. The Balaban J connectivity index is 1.27. The van der Waals surface area contributed by atoms with Gasteiger partial charge in [0.1, 0.15) is 12.4 Å². The van der Waals surface area contributed by atoms with E-state index in [1.807, 2.05) is 72.9 Å². The standard InChI is InChI=1S/C27H22N2O3/c30-23(17-24(31)13-11-21-18-29-27-7-2-1-6-26(21)27)12-8-20-9-14-25(15-10-20)32-19-22-5-3-4-16-28-22/h1-16,18,29H,17,19H2. The third-order valence-electron chi connectivity index (χ3n) is 4.87. The van der Waals surface area contributed by atoms with E-state index in [2.05, 4.69) is 9.97 Å². The van der Waals surface area contributed by atoms with Crippen LogP contribution in [0.25, 0.3) is 23.1 Å². The van der Waals surface area contributed by atoms with Crippen LogP contribution in [0.15, 0.2) is 91.3 Å². The van der Waals surface area contributed by atoms with Gasteiger partial charge in [-0.1, -0.05) is 42.5 Å². The van der Waals surface area contributed by atoms with Crippen molar-refractivity contribution < 1.29 is 14.3 Å².